The molecule has 2 saturated heterocycles. The highest BCUT2D eigenvalue weighted by Crippen LogP contribution is 2.29. The molecule has 0 N–H and O–H groups in total. The van der Waals surface area contributed by atoms with Crippen LogP contribution >= 0.6 is 0 Å². The van der Waals surface area contributed by atoms with Crippen LogP contribution in [-0.2, 0) is 9.59 Å². The number of hydrogen-bond donors (Lipinski definition) is 0. The summed E-state index contributed by atoms with van der Waals surface area (Å²) in [6.07, 6.45) is 4.97. The molecule has 198 valence electrons. The van der Waals surface area contributed by atoms with Crippen LogP contribution in [0.25, 0.3) is 6.08 Å². The molecule has 7 heteroatoms. The molecule has 0 radical (unpaired) electrons. The minimum absolute atomic E-state index is 0.0710. The molecule has 2 amide bonds. The summed E-state index contributed by atoms with van der Waals surface area (Å²) in [5.74, 6) is -0.673. The van der Waals surface area contributed by atoms with Crippen molar-refractivity contribution in [2.75, 3.05) is 45.8 Å². The second-order valence-corrected chi connectivity index (χ2v) is 10.5. The molecular formula is C30H37F2N3O2. The van der Waals surface area contributed by atoms with E-state index >= 15 is 0 Å². The minimum Gasteiger partial charge on any atom is -0.339 e. The van der Waals surface area contributed by atoms with Crippen LogP contribution in [0.1, 0.15) is 43.7 Å². The van der Waals surface area contributed by atoms with Crippen LogP contribution in [0.3, 0.4) is 0 Å². The summed E-state index contributed by atoms with van der Waals surface area (Å²) < 4.78 is 26.7. The van der Waals surface area contributed by atoms with Gasteiger partial charge in [-0.1, -0.05) is 44.2 Å². The van der Waals surface area contributed by atoms with Crippen molar-refractivity contribution >= 4 is 17.9 Å². The number of hydrogen-bond acceptors (Lipinski definition) is 3. The van der Waals surface area contributed by atoms with Gasteiger partial charge in [0.1, 0.15) is 11.6 Å². The highest BCUT2D eigenvalue weighted by Gasteiger charge is 2.32. The summed E-state index contributed by atoms with van der Waals surface area (Å²) in [6, 6.07) is 13.8. The van der Waals surface area contributed by atoms with E-state index in [0.717, 1.165) is 38.5 Å². The summed E-state index contributed by atoms with van der Waals surface area (Å²) in [4.78, 5) is 32.0. The first-order valence-corrected chi connectivity index (χ1v) is 13.3. The Bertz CT molecular complexity index is 1070. The molecule has 2 aliphatic rings. The largest absolute Gasteiger partial charge is 0.339 e. The first-order chi connectivity index (χ1) is 17.8. The Morgan fingerprint density at radius 1 is 0.892 bits per heavy atom. The van der Waals surface area contributed by atoms with Crippen LogP contribution in [0.5, 0.6) is 0 Å². The van der Waals surface area contributed by atoms with Gasteiger partial charge in [0.2, 0.25) is 11.8 Å². The number of piperazine rings is 1. The zero-order valence-electron chi connectivity index (χ0n) is 21.8. The Kier molecular flexibility index (Phi) is 9.09. The highest BCUT2D eigenvalue weighted by molar-refractivity contribution is 5.92. The lowest BCUT2D eigenvalue weighted by molar-refractivity contribution is -0.142. The van der Waals surface area contributed by atoms with Crippen molar-refractivity contribution in [1.82, 2.24) is 14.7 Å². The van der Waals surface area contributed by atoms with Crippen molar-refractivity contribution in [3.05, 3.63) is 77.4 Å². The fourth-order valence-corrected chi connectivity index (χ4v) is 5.35. The lowest BCUT2D eigenvalue weighted by atomic mass is 9.88. The van der Waals surface area contributed by atoms with Crippen molar-refractivity contribution in [2.24, 2.45) is 11.8 Å². The third-order valence-electron chi connectivity index (χ3n) is 7.64. The monoisotopic (exact) mass is 509 g/mol. The number of carbonyl (C=O) groups excluding carboxylic acids is 2. The van der Waals surface area contributed by atoms with Crippen molar-refractivity contribution in [3.63, 3.8) is 0 Å². The van der Waals surface area contributed by atoms with Gasteiger partial charge in [0.05, 0.1) is 5.92 Å². The quantitative estimate of drug-likeness (QED) is 0.504. The lowest BCUT2D eigenvalue weighted by Crippen LogP contribution is -2.53. The summed E-state index contributed by atoms with van der Waals surface area (Å²) in [7, 11) is 0. The van der Waals surface area contributed by atoms with Crippen molar-refractivity contribution in [3.8, 4) is 0 Å². The maximum atomic E-state index is 13.5. The van der Waals surface area contributed by atoms with Gasteiger partial charge in [-0.15, -0.1) is 0 Å². The Balaban J connectivity index is 1.27. The van der Waals surface area contributed by atoms with Crippen molar-refractivity contribution in [1.29, 1.82) is 0 Å². The Labute approximate surface area is 218 Å². The maximum absolute atomic E-state index is 13.5. The van der Waals surface area contributed by atoms with E-state index in [2.05, 4.69) is 49.1 Å². The number of rotatable bonds is 7. The van der Waals surface area contributed by atoms with Gasteiger partial charge >= 0.3 is 0 Å². The predicted molar refractivity (Wildman–Crippen MR) is 142 cm³/mol. The fraction of sp³-hybridized carbons (Fsp3) is 0.467. The maximum Gasteiger partial charge on any atom is 0.246 e. The Morgan fingerprint density at radius 3 is 2.08 bits per heavy atom. The van der Waals surface area contributed by atoms with E-state index in [-0.39, 0.29) is 23.7 Å². The summed E-state index contributed by atoms with van der Waals surface area (Å²) in [6.45, 7) is 8.86. The molecule has 0 aliphatic carbocycles. The van der Waals surface area contributed by atoms with Crippen LogP contribution in [0, 0.1) is 23.5 Å². The molecule has 2 heterocycles. The average Bonchev–Trinajstić information content (AvgIpc) is 2.90. The molecular weight excluding hydrogens is 472 g/mol. The average molecular weight is 510 g/mol. The standard InChI is InChI=1S/C30H37F2N3O2/c1-22(2)28(21-33-12-10-25(11-13-33)24-6-4-3-5-7-24)30(37)35-16-14-34(15-17-35)29(36)9-8-23-18-26(31)20-27(32)19-23/h3-9,18-20,22,25,28H,10-17,21H2,1-2H3. The van der Waals surface area contributed by atoms with Gasteiger partial charge < -0.3 is 14.7 Å². The summed E-state index contributed by atoms with van der Waals surface area (Å²) >= 11 is 0. The predicted octanol–water partition coefficient (Wildman–Crippen LogP) is 4.80. The number of halogens is 2. The molecule has 5 nitrogen and oxygen atoms in total. The summed E-state index contributed by atoms with van der Waals surface area (Å²) in [5, 5.41) is 0. The zero-order valence-corrected chi connectivity index (χ0v) is 21.8. The van der Waals surface area contributed by atoms with Crippen LogP contribution in [0.15, 0.2) is 54.6 Å². The van der Waals surface area contributed by atoms with E-state index < -0.39 is 11.6 Å². The molecule has 2 aliphatic heterocycles. The molecule has 37 heavy (non-hydrogen) atoms. The van der Waals surface area contributed by atoms with Crippen molar-refractivity contribution < 1.29 is 18.4 Å². The molecule has 2 fully saturated rings. The first kappa shape index (κ1) is 27.0. The van der Waals surface area contributed by atoms with Gasteiger partial charge in [-0.25, -0.2) is 8.78 Å². The Morgan fingerprint density at radius 2 is 1.49 bits per heavy atom. The van der Waals surface area contributed by atoms with Crippen LogP contribution in [0.2, 0.25) is 0 Å². The van der Waals surface area contributed by atoms with Gasteiger partial charge in [-0.2, -0.15) is 0 Å². The number of likely N-dealkylation sites (tertiary alicyclic amines) is 1. The third-order valence-corrected chi connectivity index (χ3v) is 7.64. The number of piperidine rings is 1. The van der Waals surface area contributed by atoms with Gasteiger partial charge in [-0.05, 0) is 67.1 Å². The highest BCUT2D eigenvalue weighted by atomic mass is 19.1. The molecule has 4 rings (SSSR count). The van der Waals surface area contributed by atoms with Gasteiger partial charge in [0.15, 0.2) is 0 Å². The minimum atomic E-state index is -0.681. The molecule has 1 atom stereocenters. The molecule has 0 bridgehead atoms. The molecule has 0 spiro atoms. The molecule has 2 aromatic carbocycles. The van der Waals surface area contributed by atoms with Gasteiger partial charge in [-0.3, -0.25) is 9.59 Å². The second kappa shape index (κ2) is 12.5. The number of amides is 2. The molecule has 1 unspecified atom stereocenters. The van der Waals surface area contributed by atoms with E-state index in [9.17, 15) is 18.4 Å². The molecule has 0 saturated carbocycles. The van der Waals surface area contributed by atoms with E-state index in [4.69, 9.17) is 0 Å². The zero-order chi connectivity index (χ0) is 26.4. The van der Waals surface area contributed by atoms with Gasteiger partial charge in [0, 0.05) is 44.9 Å². The topological polar surface area (TPSA) is 43.9 Å². The smallest absolute Gasteiger partial charge is 0.246 e. The SMILES string of the molecule is CC(C)C(CN1CCC(c2ccccc2)CC1)C(=O)N1CCN(C(=O)C=Cc2cc(F)cc(F)c2)CC1. The molecule has 0 aromatic heterocycles. The number of benzene rings is 2. The number of carbonyl (C=O) groups is 2. The van der Waals surface area contributed by atoms with Crippen LogP contribution < -0.4 is 0 Å². The molecule has 2 aromatic rings. The van der Waals surface area contributed by atoms with E-state index in [1.54, 1.807) is 4.90 Å². The second-order valence-electron chi connectivity index (χ2n) is 10.5. The van der Waals surface area contributed by atoms with Crippen LogP contribution in [0.4, 0.5) is 8.78 Å². The first-order valence-electron chi connectivity index (χ1n) is 13.3. The van der Waals surface area contributed by atoms with Crippen molar-refractivity contribution in [2.45, 2.75) is 32.6 Å². The Hall–Kier alpha value is -3.06. The van der Waals surface area contributed by atoms with E-state index in [1.807, 2.05) is 4.90 Å². The number of nitrogens with zero attached hydrogens (tertiary/aromatic N) is 3. The van der Waals surface area contributed by atoms with E-state index in [0.29, 0.717) is 37.7 Å². The van der Waals surface area contributed by atoms with Gasteiger partial charge in [0.25, 0.3) is 0 Å². The lowest BCUT2D eigenvalue weighted by Gasteiger charge is -2.39. The fourth-order valence-electron chi connectivity index (χ4n) is 5.35. The van der Waals surface area contributed by atoms with E-state index in [1.165, 1.54) is 29.8 Å². The third kappa shape index (κ3) is 7.25. The normalized spacial score (nSPS) is 18.5. The summed E-state index contributed by atoms with van der Waals surface area (Å²) in [5.41, 5.74) is 1.70. The van der Waals surface area contributed by atoms with Crippen LogP contribution in [-0.4, -0.2) is 72.3 Å².